The molecule has 1 atom stereocenters. The Morgan fingerprint density at radius 1 is 1.33 bits per heavy atom. The Morgan fingerprint density at radius 2 is 2.11 bits per heavy atom. The molecule has 3 heteroatoms. The Kier molecular flexibility index (Phi) is 5.09. The van der Waals surface area contributed by atoms with Crippen LogP contribution in [0.3, 0.4) is 0 Å². The molecule has 0 N–H and O–H groups in total. The highest BCUT2D eigenvalue weighted by molar-refractivity contribution is 6.29. The topological polar surface area (TPSA) is 18.5 Å². The minimum Gasteiger partial charge on any atom is -0.465 e. The zero-order valence-corrected chi connectivity index (χ0v) is 11.3. The molecule has 0 saturated carbocycles. The van der Waals surface area contributed by atoms with E-state index in [1.54, 1.807) is 0 Å². The summed E-state index contributed by atoms with van der Waals surface area (Å²) in [4.78, 5) is 0. The zero-order valence-electron chi connectivity index (χ0n) is 10.5. The maximum absolute atomic E-state index is 5.77. The molecule has 0 bridgehead atoms. The Bertz CT molecular complexity index is 380. The third kappa shape index (κ3) is 4.35. The van der Waals surface area contributed by atoms with E-state index >= 15 is 0 Å². The van der Waals surface area contributed by atoms with E-state index in [4.69, 9.17) is 21.1 Å². The molecule has 0 spiro atoms. The molecular formula is C15H19ClO2. The fourth-order valence-corrected chi connectivity index (χ4v) is 2.07. The Morgan fingerprint density at radius 3 is 2.72 bits per heavy atom. The van der Waals surface area contributed by atoms with Crippen LogP contribution >= 0.6 is 11.6 Å². The third-order valence-corrected chi connectivity index (χ3v) is 3.20. The van der Waals surface area contributed by atoms with Gasteiger partial charge < -0.3 is 9.47 Å². The molecule has 1 aliphatic heterocycles. The summed E-state index contributed by atoms with van der Waals surface area (Å²) < 4.78 is 11.3. The summed E-state index contributed by atoms with van der Waals surface area (Å²) in [5.41, 5.74) is 1.24. The lowest BCUT2D eigenvalue weighted by atomic mass is 10.1. The van der Waals surface area contributed by atoms with E-state index in [1.165, 1.54) is 12.0 Å². The van der Waals surface area contributed by atoms with Gasteiger partial charge in [0.05, 0.1) is 6.61 Å². The van der Waals surface area contributed by atoms with E-state index in [1.807, 2.05) is 12.1 Å². The van der Waals surface area contributed by atoms with Crippen molar-refractivity contribution in [1.82, 2.24) is 0 Å². The van der Waals surface area contributed by atoms with Crippen LogP contribution in [0, 0.1) is 0 Å². The van der Waals surface area contributed by atoms with Crippen LogP contribution in [-0.4, -0.2) is 12.9 Å². The molecule has 0 aromatic heterocycles. The number of aryl methyl sites for hydroxylation is 1. The smallest absolute Gasteiger partial charge is 0.199 e. The van der Waals surface area contributed by atoms with Gasteiger partial charge in [-0.3, -0.25) is 0 Å². The summed E-state index contributed by atoms with van der Waals surface area (Å²) in [6, 6.07) is 8.12. The highest BCUT2D eigenvalue weighted by atomic mass is 35.5. The first-order valence-corrected chi connectivity index (χ1v) is 6.82. The average molecular weight is 267 g/mol. The van der Waals surface area contributed by atoms with Crippen molar-refractivity contribution in [3.8, 4) is 5.75 Å². The van der Waals surface area contributed by atoms with Crippen LogP contribution in [0.1, 0.15) is 31.2 Å². The Hall–Kier alpha value is -0.990. The monoisotopic (exact) mass is 266 g/mol. The highest BCUT2D eigenvalue weighted by Gasteiger charge is 2.14. The van der Waals surface area contributed by atoms with Gasteiger partial charge in [0.15, 0.2) is 6.29 Å². The van der Waals surface area contributed by atoms with Crippen LogP contribution in [0.25, 0.3) is 0 Å². The van der Waals surface area contributed by atoms with Gasteiger partial charge in [-0.2, -0.15) is 0 Å². The summed E-state index contributed by atoms with van der Waals surface area (Å²) in [7, 11) is 0. The maximum atomic E-state index is 5.77. The van der Waals surface area contributed by atoms with Crippen LogP contribution in [0.5, 0.6) is 5.75 Å². The van der Waals surface area contributed by atoms with Crippen LogP contribution in [-0.2, 0) is 11.2 Å². The first-order valence-electron chi connectivity index (χ1n) is 6.44. The first-order chi connectivity index (χ1) is 8.74. The van der Waals surface area contributed by atoms with Gasteiger partial charge in [0, 0.05) is 11.5 Å². The predicted molar refractivity (Wildman–Crippen MR) is 74.0 cm³/mol. The molecule has 1 saturated heterocycles. The van der Waals surface area contributed by atoms with E-state index in [0.29, 0.717) is 5.03 Å². The molecule has 0 amide bonds. The molecule has 1 aliphatic rings. The SMILES string of the molecule is C=C(Cl)CCc1ccc(O[C@@H]2CCCCO2)cc1. The molecule has 1 heterocycles. The van der Waals surface area contributed by atoms with E-state index in [9.17, 15) is 0 Å². The average Bonchev–Trinajstić information content (AvgIpc) is 2.39. The van der Waals surface area contributed by atoms with Crippen molar-refractivity contribution in [2.24, 2.45) is 0 Å². The van der Waals surface area contributed by atoms with Gasteiger partial charge in [-0.1, -0.05) is 30.3 Å². The van der Waals surface area contributed by atoms with Crippen molar-refractivity contribution in [3.63, 3.8) is 0 Å². The number of hydrogen-bond acceptors (Lipinski definition) is 2. The van der Waals surface area contributed by atoms with Gasteiger partial charge in [-0.15, -0.1) is 0 Å². The van der Waals surface area contributed by atoms with Gasteiger partial charge in [-0.05, 0) is 43.4 Å². The van der Waals surface area contributed by atoms with Gasteiger partial charge in [0.2, 0.25) is 0 Å². The van der Waals surface area contributed by atoms with Crippen LogP contribution in [0.15, 0.2) is 35.9 Å². The fraction of sp³-hybridized carbons (Fsp3) is 0.467. The number of allylic oxidation sites excluding steroid dienone is 1. The lowest BCUT2D eigenvalue weighted by molar-refractivity contribution is -0.105. The lowest BCUT2D eigenvalue weighted by Gasteiger charge is -2.23. The molecule has 2 nitrogen and oxygen atoms in total. The number of ether oxygens (including phenoxy) is 2. The van der Waals surface area contributed by atoms with Crippen molar-refractivity contribution < 1.29 is 9.47 Å². The van der Waals surface area contributed by atoms with Crippen molar-refractivity contribution in [2.45, 2.75) is 38.4 Å². The number of benzene rings is 1. The van der Waals surface area contributed by atoms with E-state index in [0.717, 1.165) is 38.0 Å². The molecule has 1 fully saturated rings. The second kappa shape index (κ2) is 6.81. The summed E-state index contributed by atoms with van der Waals surface area (Å²) >= 11 is 5.75. The van der Waals surface area contributed by atoms with Crippen LogP contribution in [0.4, 0.5) is 0 Å². The minimum absolute atomic E-state index is 0.0766. The van der Waals surface area contributed by atoms with Crippen molar-refractivity contribution in [3.05, 3.63) is 41.4 Å². The Balaban J connectivity index is 1.84. The van der Waals surface area contributed by atoms with Crippen molar-refractivity contribution in [1.29, 1.82) is 0 Å². The quantitative estimate of drug-likeness (QED) is 0.792. The second-order valence-corrected chi connectivity index (χ2v) is 5.11. The molecular weight excluding hydrogens is 248 g/mol. The first kappa shape index (κ1) is 13.4. The van der Waals surface area contributed by atoms with E-state index in [2.05, 4.69) is 18.7 Å². The maximum Gasteiger partial charge on any atom is 0.199 e. The van der Waals surface area contributed by atoms with Crippen LogP contribution in [0.2, 0.25) is 0 Å². The summed E-state index contributed by atoms with van der Waals surface area (Å²) in [5.74, 6) is 0.871. The van der Waals surface area contributed by atoms with Gasteiger partial charge in [0.1, 0.15) is 5.75 Å². The van der Waals surface area contributed by atoms with Crippen molar-refractivity contribution in [2.75, 3.05) is 6.61 Å². The standard InChI is InChI=1S/C15H19ClO2/c1-12(16)5-6-13-7-9-14(10-8-13)18-15-4-2-3-11-17-15/h7-10,15H,1-6,11H2/t15-/m1/s1. The molecule has 0 aliphatic carbocycles. The predicted octanol–water partition coefficient (Wildman–Crippen LogP) is 4.28. The molecule has 98 valence electrons. The van der Waals surface area contributed by atoms with Crippen molar-refractivity contribution >= 4 is 11.6 Å². The fourth-order valence-electron chi connectivity index (χ4n) is 1.97. The zero-order chi connectivity index (χ0) is 12.8. The number of rotatable bonds is 5. The van der Waals surface area contributed by atoms with Gasteiger partial charge in [0.25, 0.3) is 0 Å². The molecule has 0 unspecified atom stereocenters. The number of halogens is 1. The summed E-state index contributed by atoms with van der Waals surface area (Å²) in [6.07, 6.45) is 4.96. The molecule has 2 rings (SSSR count). The molecule has 1 aromatic carbocycles. The largest absolute Gasteiger partial charge is 0.465 e. The van der Waals surface area contributed by atoms with Crippen LogP contribution < -0.4 is 4.74 Å². The van der Waals surface area contributed by atoms with Gasteiger partial charge >= 0.3 is 0 Å². The van der Waals surface area contributed by atoms with E-state index < -0.39 is 0 Å². The lowest BCUT2D eigenvalue weighted by Crippen LogP contribution is -2.24. The molecule has 18 heavy (non-hydrogen) atoms. The molecule has 0 radical (unpaired) electrons. The summed E-state index contributed by atoms with van der Waals surface area (Å²) in [5, 5.41) is 0.700. The normalized spacial score (nSPS) is 19.5. The second-order valence-electron chi connectivity index (χ2n) is 4.58. The Labute approximate surface area is 114 Å². The third-order valence-electron chi connectivity index (χ3n) is 3.01. The highest BCUT2D eigenvalue weighted by Crippen LogP contribution is 2.20. The minimum atomic E-state index is -0.0766. The molecule has 1 aromatic rings. The van der Waals surface area contributed by atoms with E-state index in [-0.39, 0.29) is 6.29 Å². The van der Waals surface area contributed by atoms with Gasteiger partial charge in [-0.25, -0.2) is 0 Å². The number of hydrogen-bond donors (Lipinski definition) is 0. The summed E-state index contributed by atoms with van der Waals surface area (Å²) in [6.45, 7) is 4.50.